The van der Waals surface area contributed by atoms with Crippen molar-refractivity contribution in [3.05, 3.63) is 64.3 Å². The number of carbonyl (C=O) groups excluding carboxylic acids is 1. The standard InChI is InChI=1S/C24H25ClFN5O4/c1-33-22-11-16(7-8-27-22)30(24(32)28-15-5-6-19(26)18(25)10-15)12-20-17-13-34-14-21(17)31(29-20)23-4-2-3-9-35-23/h5-8,10-11,23H,2-4,9,12-14H2,1H3,(H,28,32). The number of amides is 2. The number of nitrogens with one attached hydrogen (secondary N) is 1. The van der Waals surface area contributed by atoms with E-state index in [0.29, 0.717) is 37.1 Å². The highest BCUT2D eigenvalue weighted by Crippen LogP contribution is 2.32. The van der Waals surface area contributed by atoms with E-state index in [1.54, 1.807) is 18.3 Å². The Balaban J connectivity index is 1.47. The number of anilines is 2. The molecule has 1 fully saturated rings. The Hall–Kier alpha value is -3.21. The van der Waals surface area contributed by atoms with Gasteiger partial charge in [0.2, 0.25) is 5.88 Å². The van der Waals surface area contributed by atoms with Crippen LogP contribution in [0, 0.1) is 5.82 Å². The van der Waals surface area contributed by atoms with Gasteiger partial charge in [0.1, 0.15) is 5.82 Å². The summed E-state index contributed by atoms with van der Waals surface area (Å²) in [4.78, 5) is 19.1. The Morgan fingerprint density at radius 3 is 2.97 bits per heavy atom. The third-order valence-corrected chi connectivity index (χ3v) is 6.37. The van der Waals surface area contributed by atoms with Crippen LogP contribution in [0.2, 0.25) is 5.02 Å². The third kappa shape index (κ3) is 4.95. The molecule has 5 rings (SSSR count). The van der Waals surface area contributed by atoms with Gasteiger partial charge in [-0.25, -0.2) is 18.9 Å². The molecule has 3 aromatic rings. The Labute approximate surface area is 206 Å². The van der Waals surface area contributed by atoms with E-state index >= 15 is 0 Å². The van der Waals surface area contributed by atoms with Crippen molar-refractivity contribution >= 4 is 29.0 Å². The number of ether oxygens (including phenoxy) is 3. The summed E-state index contributed by atoms with van der Waals surface area (Å²) in [7, 11) is 1.51. The van der Waals surface area contributed by atoms with E-state index in [4.69, 9.17) is 30.9 Å². The van der Waals surface area contributed by atoms with Gasteiger partial charge in [-0.1, -0.05) is 11.6 Å². The van der Waals surface area contributed by atoms with Gasteiger partial charge in [0.05, 0.1) is 49.0 Å². The van der Waals surface area contributed by atoms with Gasteiger partial charge in [0.15, 0.2) is 6.23 Å². The number of urea groups is 1. The predicted octanol–water partition coefficient (Wildman–Crippen LogP) is 5.05. The number of aromatic nitrogens is 3. The fourth-order valence-electron chi connectivity index (χ4n) is 4.28. The first-order valence-corrected chi connectivity index (χ1v) is 11.7. The summed E-state index contributed by atoms with van der Waals surface area (Å²) >= 11 is 5.90. The molecule has 0 radical (unpaired) electrons. The molecule has 0 bridgehead atoms. The lowest BCUT2D eigenvalue weighted by Crippen LogP contribution is -2.35. The average molecular weight is 502 g/mol. The molecule has 0 saturated carbocycles. The number of methoxy groups -OCH3 is 1. The molecule has 1 aromatic carbocycles. The van der Waals surface area contributed by atoms with Crippen LogP contribution in [0.25, 0.3) is 0 Å². The lowest BCUT2D eigenvalue weighted by molar-refractivity contribution is -0.0431. The van der Waals surface area contributed by atoms with Gasteiger partial charge in [-0.2, -0.15) is 5.10 Å². The molecule has 1 saturated heterocycles. The van der Waals surface area contributed by atoms with Crippen molar-refractivity contribution in [2.75, 3.05) is 23.9 Å². The lowest BCUT2D eigenvalue weighted by atomic mass is 10.1. The minimum absolute atomic E-state index is 0.0823. The molecule has 2 aromatic heterocycles. The van der Waals surface area contributed by atoms with Crippen LogP contribution in [0.4, 0.5) is 20.6 Å². The number of carbonyl (C=O) groups is 1. The van der Waals surface area contributed by atoms with Crippen LogP contribution in [0.3, 0.4) is 0 Å². The Morgan fingerprint density at radius 1 is 1.31 bits per heavy atom. The van der Waals surface area contributed by atoms with Crippen LogP contribution >= 0.6 is 11.6 Å². The minimum Gasteiger partial charge on any atom is -0.481 e. The van der Waals surface area contributed by atoms with E-state index in [-0.39, 0.29) is 17.8 Å². The summed E-state index contributed by atoms with van der Waals surface area (Å²) in [5.41, 5.74) is 3.57. The first kappa shape index (κ1) is 23.5. The zero-order valence-electron chi connectivity index (χ0n) is 19.2. The molecule has 2 amide bonds. The summed E-state index contributed by atoms with van der Waals surface area (Å²) < 4.78 is 32.4. The van der Waals surface area contributed by atoms with Crippen LogP contribution in [0.15, 0.2) is 36.5 Å². The van der Waals surface area contributed by atoms with Gasteiger partial charge >= 0.3 is 6.03 Å². The molecule has 1 N–H and O–H groups in total. The molecule has 184 valence electrons. The molecule has 2 aliphatic rings. The van der Waals surface area contributed by atoms with Crippen molar-refractivity contribution in [1.82, 2.24) is 14.8 Å². The monoisotopic (exact) mass is 501 g/mol. The van der Waals surface area contributed by atoms with Crippen molar-refractivity contribution in [3.8, 4) is 5.88 Å². The second kappa shape index (κ2) is 10.2. The highest BCUT2D eigenvalue weighted by molar-refractivity contribution is 6.31. The van der Waals surface area contributed by atoms with Crippen molar-refractivity contribution in [2.24, 2.45) is 0 Å². The highest BCUT2D eigenvalue weighted by atomic mass is 35.5. The van der Waals surface area contributed by atoms with Crippen molar-refractivity contribution in [3.63, 3.8) is 0 Å². The minimum atomic E-state index is -0.563. The maximum absolute atomic E-state index is 13.6. The SMILES string of the molecule is COc1cc(N(Cc2nn(C3CCCCO3)c3c2COC3)C(=O)Nc2ccc(F)c(Cl)c2)ccn1. The van der Waals surface area contributed by atoms with Gasteiger partial charge in [-0.05, 0) is 43.5 Å². The largest absolute Gasteiger partial charge is 0.481 e. The summed E-state index contributed by atoms with van der Waals surface area (Å²) in [5.74, 6) is -0.203. The Morgan fingerprint density at radius 2 is 2.20 bits per heavy atom. The molecule has 0 spiro atoms. The molecular formula is C24H25ClFN5O4. The summed E-state index contributed by atoms with van der Waals surface area (Å²) in [6.07, 6.45) is 4.41. The molecule has 35 heavy (non-hydrogen) atoms. The number of hydrogen-bond donors (Lipinski definition) is 1. The van der Waals surface area contributed by atoms with E-state index in [1.807, 2.05) is 4.68 Å². The van der Waals surface area contributed by atoms with E-state index in [0.717, 1.165) is 36.2 Å². The molecule has 9 nitrogen and oxygen atoms in total. The lowest BCUT2D eigenvalue weighted by Gasteiger charge is -2.25. The molecule has 1 unspecified atom stereocenters. The topological polar surface area (TPSA) is 90.7 Å². The average Bonchev–Trinajstić information content (AvgIpc) is 3.49. The third-order valence-electron chi connectivity index (χ3n) is 6.08. The maximum Gasteiger partial charge on any atom is 0.326 e. The van der Waals surface area contributed by atoms with E-state index in [1.165, 1.54) is 30.2 Å². The van der Waals surface area contributed by atoms with Gasteiger partial charge < -0.3 is 19.5 Å². The van der Waals surface area contributed by atoms with E-state index in [9.17, 15) is 9.18 Å². The Bertz CT molecular complexity index is 1230. The van der Waals surface area contributed by atoms with Gasteiger partial charge in [-0.3, -0.25) is 4.90 Å². The fraction of sp³-hybridized carbons (Fsp3) is 0.375. The molecule has 1 atom stereocenters. The normalized spacial score (nSPS) is 17.2. The summed E-state index contributed by atoms with van der Waals surface area (Å²) in [6.45, 7) is 1.73. The molecule has 11 heteroatoms. The predicted molar refractivity (Wildman–Crippen MR) is 127 cm³/mol. The first-order chi connectivity index (χ1) is 17.0. The second-order valence-electron chi connectivity index (χ2n) is 8.33. The van der Waals surface area contributed by atoms with Crippen LogP contribution in [0.1, 0.15) is 42.4 Å². The Kier molecular flexibility index (Phi) is 6.85. The number of fused-ring (bicyclic) bond motifs is 1. The van der Waals surface area contributed by atoms with E-state index in [2.05, 4.69) is 10.3 Å². The van der Waals surface area contributed by atoms with Crippen LogP contribution in [-0.4, -0.2) is 34.5 Å². The molecular weight excluding hydrogens is 477 g/mol. The number of rotatable bonds is 6. The first-order valence-electron chi connectivity index (χ1n) is 11.4. The fourth-order valence-corrected chi connectivity index (χ4v) is 4.46. The summed E-state index contributed by atoms with van der Waals surface area (Å²) in [5, 5.41) is 7.56. The summed E-state index contributed by atoms with van der Waals surface area (Å²) in [6, 6.07) is 6.93. The van der Waals surface area contributed by atoms with Gasteiger partial charge in [-0.15, -0.1) is 0 Å². The quantitative estimate of drug-likeness (QED) is 0.508. The van der Waals surface area contributed by atoms with Crippen LogP contribution < -0.4 is 15.0 Å². The number of pyridine rings is 1. The maximum atomic E-state index is 13.6. The molecule has 4 heterocycles. The zero-order chi connectivity index (χ0) is 24.4. The molecule has 2 aliphatic heterocycles. The van der Waals surface area contributed by atoms with Crippen molar-refractivity contribution in [2.45, 2.75) is 45.2 Å². The zero-order valence-corrected chi connectivity index (χ0v) is 19.9. The molecule has 0 aliphatic carbocycles. The smallest absolute Gasteiger partial charge is 0.326 e. The van der Waals surface area contributed by atoms with Gasteiger partial charge in [0, 0.05) is 30.1 Å². The van der Waals surface area contributed by atoms with Gasteiger partial charge in [0.25, 0.3) is 0 Å². The van der Waals surface area contributed by atoms with Crippen molar-refractivity contribution in [1.29, 1.82) is 0 Å². The second-order valence-corrected chi connectivity index (χ2v) is 8.74. The number of nitrogens with zero attached hydrogens (tertiary/aromatic N) is 4. The van der Waals surface area contributed by atoms with Crippen molar-refractivity contribution < 1.29 is 23.4 Å². The number of halogens is 2. The highest BCUT2D eigenvalue weighted by Gasteiger charge is 2.30. The van der Waals surface area contributed by atoms with E-state index < -0.39 is 11.8 Å². The van der Waals surface area contributed by atoms with Crippen LogP contribution in [0.5, 0.6) is 5.88 Å². The number of hydrogen-bond acceptors (Lipinski definition) is 6. The number of benzene rings is 1. The van der Waals surface area contributed by atoms with Crippen LogP contribution in [-0.2, 0) is 29.2 Å².